The molecule has 0 saturated carbocycles. The second kappa shape index (κ2) is 6.54. The van der Waals surface area contributed by atoms with Crippen LogP contribution in [0.1, 0.15) is 15.2 Å². The summed E-state index contributed by atoms with van der Waals surface area (Å²) in [5.74, 6) is -0.413. The molecule has 1 aromatic carbocycles. The molecule has 8 heteroatoms. The molecule has 0 bridgehead atoms. The van der Waals surface area contributed by atoms with Crippen LogP contribution < -0.4 is 5.32 Å². The summed E-state index contributed by atoms with van der Waals surface area (Å²) in [7, 11) is 1.63. The number of thiazole rings is 1. The number of likely N-dealkylation sites (N-methyl/N-ethyl adjacent to an activating group) is 1. The number of hydrogen-bond acceptors (Lipinski definition) is 5. The maximum Gasteiger partial charge on any atom is 0.264 e. The number of imidazole rings is 1. The normalized spacial score (nSPS) is 11.2. The average molecular weight is 384 g/mol. The Morgan fingerprint density at radius 2 is 2.04 bits per heavy atom. The van der Waals surface area contributed by atoms with Gasteiger partial charge in [-0.1, -0.05) is 17.7 Å². The van der Waals surface area contributed by atoms with E-state index >= 15 is 0 Å². The van der Waals surface area contributed by atoms with Crippen molar-refractivity contribution in [1.29, 1.82) is 0 Å². The van der Waals surface area contributed by atoms with Gasteiger partial charge in [0.15, 0.2) is 4.96 Å². The number of thiophene rings is 1. The summed E-state index contributed by atoms with van der Waals surface area (Å²) in [6.07, 6.45) is 1.94. The highest BCUT2D eigenvalue weighted by Gasteiger charge is 2.19. The van der Waals surface area contributed by atoms with Crippen molar-refractivity contribution in [2.24, 2.45) is 0 Å². The Bertz CT molecular complexity index is 1110. The zero-order chi connectivity index (χ0) is 18.3. The van der Waals surface area contributed by atoms with E-state index in [2.05, 4.69) is 10.3 Å². The maximum atomic E-state index is 12.6. The van der Waals surface area contributed by atoms with Crippen molar-refractivity contribution >= 4 is 55.5 Å². The molecule has 1 N–H and O–H groups in total. The predicted molar refractivity (Wildman–Crippen MR) is 105 cm³/mol. The summed E-state index contributed by atoms with van der Waals surface area (Å²) in [5, 5.41) is 4.76. The second-order valence-electron chi connectivity index (χ2n) is 6.04. The van der Waals surface area contributed by atoms with Crippen molar-refractivity contribution in [3.63, 3.8) is 0 Å². The minimum absolute atomic E-state index is 0.0107. The number of aryl methyl sites for hydroxylation is 1. The molecule has 0 fully saturated rings. The number of amides is 2. The molecular weight excluding hydrogens is 368 g/mol. The number of carbonyl (C=O) groups excluding carboxylic acids is 2. The number of nitrogens with zero attached hydrogens (tertiary/aromatic N) is 3. The van der Waals surface area contributed by atoms with Crippen LogP contribution in [0.5, 0.6) is 0 Å². The standard InChI is InChI=1S/C18H16N4O2S2/c1-11-3-5-12(6-4-11)19-15(23)10-21(2)17(24)14-9-13-16(26-14)20-18-22(13)7-8-25-18/h3-9H,10H2,1-2H3,(H,19,23). The van der Waals surface area contributed by atoms with Crippen molar-refractivity contribution in [3.05, 3.63) is 52.3 Å². The molecule has 2 amide bonds. The lowest BCUT2D eigenvalue weighted by molar-refractivity contribution is -0.116. The first-order chi connectivity index (χ1) is 12.5. The number of benzene rings is 1. The summed E-state index contributed by atoms with van der Waals surface area (Å²) in [6.45, 7) is 1.98. The first kappa shape index (κ1) is 16.7. The molecular formula is C18H16N4O2S2. The van der Waals surface area contributed by atoms with Crippen LogP contribution in [-0.2, 0) is 4.79 Å². The molecule has 3 aromatic heterocycles. The van der Waals surface area contributed by atoms with Gasteiger partial charge in [-0.3, -0.25) is 14.0 Å². The number of aromatic nitrogens is 2. The molecule has 6 nitrogen and oxygen atoms in total. The fourth-order valence-electron chi connectivity index (χ4n) is 2.67. The van der Waals surface area contributed by atoms with Crippen molar-refractivity contribution in [3.8, 4) is 0 Å². The lowest BCUT2D eigenvalue weighted by atomic mass is 10.2. The van der Waals surface area contributed by atoms with Crippen LogP contribution in [0.2, 0.25) is 0 Å². The summed E-state index contributed by atoms with van der Waals surface area (Å²) < 4.78 is 1.97. The van der Waals surface area contributed by atoms with Gasteiger partial charge in [-0.2, -0.15) is 0 Å². The van der Waals surface area contributed by atoms with Crippen LogP contribution in [-0.4, -0.2) is 39.7 Å². The van der Waals surface area contributed by atoms with E-state index < -0.39 is 0 Å². The Kier molecular flexibility index (Phi) is 4.21. The Labute approximate surface area is 157 Å². The largest absolute Gasteiger partial charge is 0.332 e. The molecule has 0 aliphatic heterocycles. The van der Waals surface area contributed by atoms with Gasteiger partial charge in [0.1, 0.15) is 4.83 Å². The predicted octanol–water partition coefficient (Wildman–Crippen LogP) is 3.63. The van der Waals surface area contributed by atoms with Gasteiger partial charge in [0.2, 0.25) is 5.91 Å². The van der Waals surface area contributed by atoms with Crippen LogP contribution in [0.3, 0.4) is 0 Å². The van der Waals surface area contributed by atoms with Crippen LogP contribution in [0.25, 0.3) is 15.3 Å². The number of fused-ring (bicyclic) bond motifs is 3. The van der Waals surface area contributed by atoms with E-state index in [0.29, 0.717) is 4.88 Å². The minimum atomic E-state index is -0.229. The first-order valence-electron chi connectivity index (χ1n) is 7.98. The van der Waals surface area contributed by atoms with Gasteiger partial charge in [0.25, 0.3) is 5.91 Å². The Morgan fingerprint density at radius 1 is 1.27 bits per heavy atom. The smallest absolute Gasteiger partial charge is 0.264 e. The topological polar surface area (TPSA) is 66.7 Å². The lowest BCUT2D eigenvalue weighted by Gasteiger charge is -2.15. The molecule has 0 aliphatic rings. The first-order valence-corrected chi connectivity index (χ1v) is 9.68. The van der Waals surface area contributed by atoms with Gasteiger partial charge in [-0.25, -0.2) is 4.98 Å². The van der Waals surface area contributed by atoms with E-state index in [1.807, 2.05) is 53.2 Å². The van der Waals surface area contributed by atoms with E-state index in [4.69, 9.17) is 0 Å². The molecule has 4 aromatic rings. The molecule has 0 unspecified atom stereocenters. The van der Waals surface area contributed by atoms with E-state index in [1.165, 1.54) is 16.2 Å². The Morgan fingerprint density at radius 3 is 2.81 bits per heavy atom. The third kappa shape index (κ3) is 3.09. The molecule has 0 saturated heterocycles. The Hall–Kier alpha value is -2.71. The molecule has 132 valence electrons. The molecule has 26 heavy (non-hydrogen) atoms. The average Bonchev–Trinajstić information content (AvgIpc) is 3.28. The van der Waals surface area contributed by atoms with Crippen LogP contribution in [0, 0.1) is 6.92 Å². The number of hydrogen-bond donors (Lipinski definition) is 1. The Balaban J connectivity index is 1.45. The highest BCUT2D eigenvalue weighted by Crippen LogP contribution is 2.28. The quantitative estimate of drug-likeness (QED) is 0.584. The lowest BCUT2D eigenvalue weighted by Crippen LogP contribution is -2.34. The van der Waals surface area contributed by atoms with E-state index in [-0.39, 0.29) is 18.4 Å². The zero-order valence-electron chi connectivity index (χ0n) is 14.2. The van der Waals surface area contributed by atoms with Crippen molar-refractivity contribution in [1.82, 2.24) is 14.3 Å². The molecule has 0 radical (unpaired) electrons. The summed E-state index contributed by atoms with van der Waals surface area (Å²) >= 11 is 2.91. The highest BCUT2D eigenvalue weighted by molar-refractivity contribution is 7.21. The summed E-state index contributed by atoms with van der Waals surface area (Å²) in [4.78, 5) is 33.1. The summed E-state index contributed by atoms with van der Waals surface area (Å²) in [5.41, 5.74) is 2.77. The zero-order valence-corrected chi connectivity index (χ0v) is 15.9. The third-order valence-corrected chi connectivity index (χ3v) is 5.78. The molecule has 0 aliphatic carbocycles. The number of rotatable bonds is 4. The fraction of sp³-hybridized carbons (Fsp3) is 0.167. The number of nitrogens with one attached hydrogen (secondary N) is 1. The van der Waals surface area contributed by atoms with E-state index in [9.17, 15) is 9.59 Å². The molecule has 3 heterocycles. The van der Waals surface area contributed by atoms with Gasteiger partial charge >= 0.3 is 0 Å². The van der Waals surface area contributed by atoms with Gasteiger partial charge in [-0.15, -0.1) is 22.7 Å². The van der Waals surface area contributed by atoms with Crippen LogP contribution in [0.15, 0.2) is 41.9 Å². The summed E-state index contributed by atoms with van der Waals surface area (Å²) in [6, 6.07) is 9.38. The van der Waals surface area contributed by atoms with Gasteiger partial charge in [0.05, 0.1) is 16.9 Å². The van der Waals surface area contributed by atoms with Crippen molar-refractivity contribution in [2.45, 2.75) is 6.92 Å². The third-order valence-electron chi connectivity index (χ3n) is 4.01. The van der Waals surface area contributed by atoms with E-state index in [0.717, 1.165) is 26.6 Å². The number of carbonyl (C=O) groups is 2. The monoisotopic (exact) mass is 384 g/mol. The second-order valence-corrected chi connectivity index (χ2v) is 7.95. The van der Waals surface area contributed by atoms with Crippen molar-refractivity contribution in [2.75, 3.05) is 18.9 Å². The number of anilines is 1. The molecule has 4 rings (SSSR count). The SMILES string of the molecule is Cc1ccc(NC(=O)CN(C)C(=O)c2cc3c(nc4sccn43)s2)cc1. The molecule has 0 atom stereocenters. The van der Waals surface area contributed by atoms with Crippen molar-refractivity contribution < 1.29 is 9.59 Å². The maximum absolute atomic E-state index is 12.6. The van der Waals surface area contributed by atoms with Gasteiger partial charge in [-0.05, 0) is 25.1 Å². The van der Waals surface area contributed by atoms with Gasteiger partial charge in [0, 0.05) is 24.3 Å². The minimum Gasteiger partial charge on any atom is -0.332 e. The van der Waals surface area contributed by atoms with E-state index in [1.54, 1.807) is 18.4 Å². The van der Waals surface area contributed by atoms with Crippen LogP contribution in [0.4, 0.5) is 5.69 Å². The van der Waals surface area contributed by atoms with Gasteiger partial charge < -0.3 is 10.2 Å². The highest BCUT2D eigenvalue weighted by atomic mass is 32.1. The van der Waals surface area contributed by atoms with Crippen LogP contribution >= 0.6 is 22.7 Å². The fourth-order valence-corrected chi connectivity index (χ4v) is 4.46. The molecule has 0 spiro atoms.